The van der Waals surface area contributed by atoms with Gasteiger partial charge in [0, 0.05) is 24.2 Å². The number of nitrogens with one attached hydrogen (secondary N) is 1. The molecule has 80 valence electrons. The predicted molar refractivity (Wildman–Crippen MR) is 63.4 cm³/mol. The van der Waals surface area contributed by atoms with Crippen molar-refractivity contribution in [3.8, 4) is 0 Å². The molecule has 1 aromatic carbocycles. The standard InChI is InChI=1S/C13H18N2/c1-9-4-3-5-12-13(9)10-8-15(2)7-6-11(10)14-12/h3-5,10-11,14H,6-8H2,1-2H3. The van der Waals surface area contributed by atoms with E-state index in [1.807, 2.05) is 0 Å². The van der Waals surface area contributed by atoms with Crippen LogP contribution in [0.25, 0.3) is 0 Å². The average molecular weight is 202 g/mol. The van der Waals surface area contributed by atoms with Gasteiger partial charge in [0.25, 0.3) is 0 Å². The molecule has 2 heteroatoms. The third-order valence-electron chi connectivity index (χ3n) is 3.85. The first kappa shape index (κ1) is 9.22. The molecule has 3 rings (SSSR count). The van der Waals surface area contributed by atoms with E-state index in [-0.39, 0.29) is 0 Å². The molecule has 2 aliphatic heterocycles. The molecule has 1 aromatic rings. The molecule has 2 atom stereocenters. The van der Waals surface area contributed by atoms with Crippen LogP contribution in [0, 0.1) is 6.92 Å². The lowest BCUT2D eigenvalue weighted by molar-refractivity contribution is 0.243. The lowest BCUT2D eigenvalue weighted by Gasteiger charge is -2.32. The number of likely N-dealkylation sites (tertiary alicyclic amines) is 1. The van der Waals surface area contributed by atoms with Crippen molar-refractivity contribution in [3.63, 3.8) is 0 Å². The summed E-state index contributed by atoms with van der Waals surface area (Å²) in [6.45, 7) is 4.66. The van der Waals surface area contributed by atoms with E-state index in [4.69, 9.17) is 0 Å². The van der Waals surface area contributed by atoms with Gasteiger partial charge < -0.3 is 10.2 Å². The van der Waals surface area contributed by atoms with Crippen molar-refractivity contribution < 1.29 is 0 Å². The van der Waals surface area contributed by atoms with Crippen molar-refractivity contribution in [1.29, 1.82) is 0 Å². The fraction of sp³-hybridized carbons (Fsp3) is 0.538. The van der Waals surface area contributed by atoms with Gasteiger partial charge in [0.1, 0.15) is 0 Å². The maximum Gasteiger partial charge on any atom is 0.0381 e. The highest BCUT2D eigenvalue weighted by Crippen LogP contribution is 2.41. The first-order valence-electron chi connectivity index (χ1n) is 5.80. The number of benzene rings is 1. The zero-order chi connectivity index (χ0) is 10.4. The normalized spacial score (nSPS) is 29.5. The van der Waals surface area contributed by atoms with Gasteiger partial charge in [-0.15, -0.1) is 0 Å². The Morgan fingerprint density at radius 2 is 2.27 bits per heavy atom. The van der Waals surface area contributed by atoms with Crippen molar-refractivity contribution >= 4 is 5.69 Å². The van der Waals surface area contributed by atoms with Crippen molar-refractivity contribution in [2.75, 3.05) is 25.5 Å². The topological polar surface area (TPSA) is 15.3 Å². The number of aryl methyl sites for hydroxylation is 1. The molecule has 0 saturated carbocycles. The van der Waals surface area contributed by atoms with Crippen LogP contribution in [-0.4, -0.2) is 31.1 Å². The highest BCUT2D eigenvalue weighted by Gasteiger charge is 2.36. The number of fused-ring (bicyclic) bond motifs is 3. The highest BCUT2D eigenvalue weighted by atomic mass is 15.1. The minimum atomic E-state index is 0.678. The summed E-state index contributed by atoms with van der Waals surface area (Å²) in [5.74, 6) is 0.708. The second-order valence-electron chi connectivity index (χ2n) is 4.94. The van der Waals surface area contributed by atoms with Gasteiger partial charge >= 0.3 is 0 Å². The van der Waals surface area contributed by atoms with Crippen molar-refractivity contribution in [1.82, 2.24) is 4.90 Å². The van der Waals surface area contributed by atoms with Crippen molar-refractivity contribution in [3.05, 3.63) is 29.3 Å². The summed E-state index contributed by atoms with van der Waals surface area (Å²) in [6.07, 6.45) is 1.27. The van der Waals surface area contributed by atoms with E-state index in [9.17, 15) is 0 Å². The molecule has 1 N–H and O–H groups in total. The summed E-state index contributed by atoms with van der Waals surface area (Å²) in [5, 5.41) is 3.67. The summed E-state index contributed by atoms with van der Waals surface area (Å²) in [6, 6.07) is 7.29. The van der Waals surface area contributed by atoms with E-state index < -0.39 is 0 Å². The van der Waals surface area contributed by atoms with Crippen LogP contribution in [0.15, 0.2) is 18.2 Å². The van der Waals surface area contributed by atoms with E-state index >= 15 is 0 Å². The fourth-order valence-corrected chi connectivity index (χ4v) is 3.08. The molecule has 2 unspecified atom stereocenters. The number of nitrogens with zero attached hydrogens (tertiary/aromatic N) is 1. The minimum Gasteiger partial charge on any atom is -0.381 e. The Bertz CT molecular complexity index is 386. The van der Waals surface area contributed by atoms with E-state index in [1.165, 1.54) is 30.8 Å². The molecular weight excluding hydrogens is 184 g/mol. The summed E-state index contributed by atoms with van der Waals surface area (Å²) >= 11 is 0. The number of hydrogen-bond donors (Lipinski definition) is 1. The van der Waals surface area contributed by atoms with E-state index in [1.54, 1.807) is 5.56 Å². The van der Waals surface area contributed by atoms with Crippen LogP contribution in [0.2, 0.25) is 0 Å². The number of likely N-dealkylation sites (N-methyl/N-ethyl adjacent to an activating group) is 1. The van der Waals surface area contributed by atoms with E-state index in [0.29, 0.717) is 12.0 Å². The third kappa shape index (κ3) is 1.36. The molecule has 0 aromatic heterocycles. The number of anilines is 1. The van der Waals surface area contributed by atoms with Gasteiger partial charge in [-0.05, 0) is 44.1 Å². The largest absolute Gasteiger partial charge is 0.381 e. The summed E-state index contributed by atoms with van der Waals surface area (Å²) in [7, 11) is 2.23. The maximum atomic E-state index is 3.67. The highest BCUT2D eigenvalue weighted by molar-refractivity contribution is 5.62. The van der Waals surface area contributed by atoms with Crippen molar-refractivity contribution in [2.24, 2.45) is 0 Å². The van der Waals surface area contributed by atoms with Crippen LogP contribution in [0.1, 0.15) is 23.5 Å². The van der Waals surface area contributed by atoms with Gasteiger partial charge in [-0.1, -0.05) is 12.1 Å². The quantitative estimate of drug-likeness (QED) is 0.694. The first-order valence-corrected chi connectivity index (χ1v) is 5.80. The number of piperidine rings is 1. The summed E-state index contributed by atoms with van der Waals surface area (Å²) < 4.78 is 0. The molecule has 15 heavy (non-hydrogen) atoms. The molecule has 2 nitrogen and oxygen atoms in total. The Morgan fingerprint density at radius 1 is 1.40 bits per heavy atom. The number of rotatable bonds is 0. The molecule has 0 bridgehead atoms. The van der Waals surface area contributed by atoms with Crippen LogP contribution in [-0.2, 0) is 0 Å². The van der Waals surface area contributed by atoms with Crippen LogP contribution >= 0.6 is 0 Å². The molecule has 0 amide bonds. The summed E-state index contributed by atoms with van der Waals surface area (Å²) in [5.41, 5.74) is 4.39. The van der Waals surface area contributed by atoms with Crippen LogP contribution in [0.5, 0.6) is 0 Å². The monoisotopic (exact) mass is 202 g/mol. The molecule has 2 aliphatic rings. The molecule has 0 radical (unpaired) electrons. The van der Waals surface area contributed by atoms with Gasteiger partial charge in [-0.25, -0.2) is 0 Å². The fourth-order valence-electron chi connectivity index (χ4n) is 3.08. The Hall–Kier alpha value is -1.02. The van der Waals surface area contributed by atoms with Gasteiger partial charge in [0.2, 0.25) is 0 Å². The second-order valence-corrected chi connectivity index (χ2v) is 4.94. The van der Waals surface area contributed by atoms with Crippen LogP contribution in [0.4, 0.5) is 5.69 Å². The van der Waals surface area contributed by atoms with E-state index in [0.717, 1.165) is 0 Å². The molecule has 0 spiro atoms. The van der Waals surface area contributed by atoms with Gasteiger partial charge in [0.05, 0.1) is 0 Å². The molecule has 1 fully saturated rings. The number of hydrogen-bond acceptors (Lipinski definition) is 2. The van der Waals surface area contributed by atoms with Crippen molar-refractivity contribution in [2.45, 2.75) is 25.3 Å². The molecular formula is C13H18N2. The van der Waals surface area contributed by atoms with Gasteiger partial charge in [-0.3, -0.25) is 0 Å². The molecule has 2 heterocycles. The Kier molecular flexibility index (Phi) is 1.99. The Morgan fingerprint density at radius 3 is 3.13 bits per heavy atom. The van der Waals surface area contributed by atoms with Gasteiger partial charge in [0.15, 0.2) is 0 Å². The molecule has 1 saturated heterocycles. The predicted octanol–water partition coefficient (Wildman–Crippen LogP) is 2.21. The summed E-state index contributed by atoms with van der Waals surface area (Å²) in [4.78, 5) is 2.45. The minimum absolute atomic E-state index is 0.678. The van der Waals surface area contributed by atoms with Crippen LogP contribution in [0.3, 0.4) is 0 Å². The first-order chi connectivity index (χ1) is 7.25. The van der Waals surface area contributed by atoms with Crippen LogP contribution < -0.4 is 5.32 Å². The third-order valence-corrected chi connectivity index (χ3v) is 3.85. The average Bonchev–Trinajstić information content (AvgIpc) is 2.57. The Balaban J connectivity index is 2.02. The Labute approximate surface area is 91.3 Å². The smallest absolute Gasteiger partial charge is 0.0381 e. The lowest BCUT2D eigenvalue weighted by atomic mass is 9.87. The second kappa shape index (κ2) is 3.24. The van der Waals surface area contributed by atoms with Gasteiger partial charge in [-0.2, -0.15) is 0 Å². The lowest BCUT2D eigenvalue weighted by Crippen LogP contribution is -2.39. The zero-order valence-electron chi connectivity index (χ0n) is 9.46. The maximum absolute atomic E-state index is 3.67. The van der Waals surface area contributed by atoms with E-state index in [2.05, 4.69) is 42.4 Å². The zero-order valence-corrected chi connectivity index (χ0v) is 9.46. The molecule has 0 aliphatic carbocycles. The SMILES string of the molecule is Cc1cccc2c1C1CN(C)CCC1N2.